The maximum atomic E-state index is 11.5. The summed E-state index contributed by atoms with van der Waals surface area (Å²) in [6.45, 7) is 1.93. The van der Waals surface area contributed by atoms with Crippen molar-refractivity contribution in [1.29, 1.82) is 0 Å². The highest BCUT2D eigenvalue weighted by Crippen LogP contribution is 2.29. The molecule has 5 nitrogen and oxygen atoms in total. The van der Waals surface area contributed by atoms with Gasteiger partial charge in [0.25, 0.3) is 5.69 Å². The van der Waals surface area contributed by atoms with E-state index in [4.69, 9.17) is 0 Å². The van der Waals surface area contributed by atoms with Crippen LogP contribution in [-0.2, 0) is 4.74 Å². The standard InChI is InChI=1S/C15H13NO4/c1-10-5-3-4-6-12(10)11-7-8-13(15(17)20-2)14(9-11)16(18)19/h3-9H,1-2H3. The zero-order valence-electron chi connectivity index (χ0n) is 11.1. The minimum atomic E-state index is -0.715. The van der Waals surface area contributed by atoms with Crippen LogP contribution in [0, 0.1) is 17.0 Å². The molecule has 2 aromatic carbocycles. The number of rotatable bonds is 3. The van der Waals surface area contributed by atoms with E-state index in [1.807, 2.05) is 31.2 Å². The average Bonchev–Trinajstić information content (AvgIpc) is 2.46. The summed E-state index contributed by atoms with van der Waals surface area (Å²) in [6.07, 6.45) is 0. The first-order valence-corrected chi connectivity index (χ1v) is 5.97. The maximum absolute atomic E-state index is 11.5. The van der Waals surface area contributed by atoms with Gasteiger partial charge >= 0.3 is 5.97 Å². The molecule has 2 aromatic rings. The van der Waals surface area contributed by atoms with Gasteiger partial charge in [0.15, 0.2) is 0 Å². The summed E-state index contributed by atoms with van der Waals surface area (Å²) in [7, 11) is 1.20. The van der Waals surface area contributed by atoms with Gasteiger partial charge in [-0.3, -0.25) is 10.1 Å². The van der Waals surface area contributed by atoms with Crippen LogP contribution < -0.4 is 0 Å². The molecular weight excluding hydrogens is 258 g/mol. The number of carbonyl (C=O) groups is 1. The number of carbonyl (C=O) groups excluding carboxylic acids is 1. The lowest BCUT2D eigenvalue weighted by atomic mass is 9.98. The first-order chi connectivity index (χ1) is 9.54. The fourth-order valence-electron chi connectivity index (χ4n) is 2.03. The summed E-state index contributed by atoms with van der Waals surface area (Å²) in [5.74, 6) is -0.715. The van der Waals surface area contributed by atoms with Crippen molar-refractivity contribution in [2.45, 2.75) is 6.92 Å². The number of nitrogens with zero attached hydrogens (tertiary/aromatic N) is 1. The summed E-state index contributed by atoms with van der Waals surface area (Å²) in [4.78, 5) is 22.1. The smallest absolute Gasteiger partial charge is 0.344 e. The number of esters is 1. The van der Waals surface area contributed by atoms with Crippen LogP contribution in [0.15, 0.2) is 42.5 Å². The Labute approximate surface area is 116 Å². The second-order valence-corrected chi connectivity index (χ2v) is 4.30. The van der Waals surface area contributed by atoms with E-state index in [-0.39, 0.29) is 11.3 Å². The molecule has 0 heterocycles. The molecule has 20 heavy (non-hydrogen) atoms. The molecule has 0 aromatic heterocycles. The normalized spacial score (nSPS) is 10.1. The number of hydrogen-bond donors (Lipinski definition) is 0. The Balaban J connectivity index is 2.59. The van der Waals surface area contributed by atoms with E-state index in [0.29, 0.717) is 5.56 Å². The molecule has 5 heteroatoms. The molecule has 0 fully saturated rings. The van der Waals surface area contributed by atoms with Crippen LogP contribution in [-0.4, -0.2) is 18.0 Å². The number of nitro groups is 1. The number of nitro benzene ring substituents is 1. The van der Waals surface area contributed by atoms with Crippen LogP contribution in [0.25, 0.3) is 11.1 Å². The monoisotopic (exact) mass is 271 g/mol. The number of aryl methyl sites for hydroxylation is 1. The third kappa shape index (κ3) is 2.51. The summed E-state index contributed by atoms with van der Waals surface area (Å²) in [5, 5.41) is 11.1. The van der Waals surface area contributed by atoms with Crippen LogP contribution in [0.5, 0.6) is 0 Å². The first kappa shape index (κ1) is 13.7. The molecule has 0 N–H and O–H groups in total. The molecule has 2 rings (SSSR count). The van der Waals surface area contributed by atoms with Gasteiger partial charge in [-0.05, 0) is 29.7 Å². The van der Waals surface area contributed by atoms with E-state index in [1.54, 1.807) is 6.07 Å². The third-order valence-electron chi connectivity index (χ3n) is 3.06. The van der Waals surface area contributed by atoms with E-state index in [9.17, 15) is 14.9 Å². The second-order valence-electron chi connectivity index (χ2n) is 4.30. The molecule has 0 spiro atoms. The minimum absolute atomic E-state index is 0.0464. The van der Waals surface area contributed by atoms with Crippen LogP contribution in [0.1, 0.15) is 15.9 Å². The molecule has 102 valence electrons. The predicted octanol–water partition coefficient (Wildman–Crippen LogP) is 3.36. The fourth-order valence-corrected chi connectivity index (χ4v) is 2.03. The molecule has 0 saturated heterocycles. The number of ether oxygens (including phenoxy) is 1. The summed E-state index contributed by atoms with van der Waals surface area (Å²) in [6, 6.07) is 12.1. The van der Waals surface area contributed by atoms with Crippen molar-refractivity contribution >= 4 is 11.7 Å². The highest BCUT2D eigenvalue weighted by molar-refractivity contribution is 5.95. The van der Waals surface area contributed by atoms with Gasteiger partial charge in [0, 0.05) is 6.07 Å². The Bertz CT molecular complexity index is 679. The van der Waals surface area contributed by atoms with Gasteiger partial charge in [0.05, 0.1) is 12.0 Å². The molecule has 0 bridgehead atoms. The molecule has 0 aliphatic heterocycles. The molecule has 0 saturated carbocycles. The summed E-state index contributed by atoms with van der Waals surface area (Å²) < 4.78 is 4.55. The van der Waals surface area contributed by atoms with Crippen molar-refractivity contribution < 1.29 is 14.5 Å². The van der Waals surface area contributed by atoms with Crippen molar-refractivity contribution in [3.05, 3.63) is 63.7 Å². The van der Waals surface area contributed by atoms with E-state index in [1.165, 1.54) is 19.2 Å². The average molecular weight is 271 g/mol. The van der Waals surface area contributed by atoms with E-state index < -0.39 is 10.9 Å². The van der Waals surface area contributed by atoms with E-state index >= 15 is 0 Å². The molecule has 0 radical (unpaired) electrons. The van der Waals surface area contributed by atoms with Crippen LogP contribution in [0.4, 0.5) is 5.69 Å². The van der Waals surface area contributed by atoms with Gasteiger partial charge in [-0.15, -0.1) is 0 Å². The zero-order chi connectivity index (χ0) is 14.7. The maximum Gasteiger partial charge on any atom is 0.344 e. The van der Waals surface area contributed by atoms with Crippen molar-refractivity contribution in [1.82, 2.24) is 0 Å². The Morgan fingerprint density at radius 1 is 1.20 bits per heavy atom. The number of hydrogen-bond acceptors (Lipinski definition) is 4. The topological polar surface area (TPSA) is 69.4 Å². The van der Waals surface area contributed by atoms with Crippen LogP contribution in [0.3, 0.4) is 0 Å². The Hall–Kier alpha value is -2.69. The second kappa shape index (κ2) is 5.52. The Morgan fingerprint density at radius 3 is 2.50 bits per heavy atom. The van der Waals surface area contributed by atoms with Gasteiger partial charge in [-0.1, -0.05) is 30.3 Å². The Kier molecular flexibility index (Phi) is 3.79. The molecule has 0 amide bonds. The third-order valence-corrected chi connectivity index (χ3v) is 3.06. The largest absolute Gasteiger partial charge is 0.465 e. The van der Waals surface area contributed by atoms with Gasteiger partial charge < -0.3 is 4.74 Å². The Morgan fingerprint density at radius 2 is 1.90 bits per heavy atom. The lowest BCUT2D eigenvalue weighted by Crippen LogP contribution is -2.05. The van der Waals surface area contributed by atoms with Crippen molar-refractivity contribution in [3.8, 4) is 11.1 Å². The number of benzene rings is 2. The van der Waals surface area contributed by atoms with Crippen molar-refractivity contribution in [2.24, 2.45) is 0 Å². The SMILES string of the molecule is COC(=O)c1ccc(-c2ccccc2C)cc1[N+](=O)[O-]. The van der Waals surface area contributed by atoms with Crippen LogP contribution >= 0.6 is 0 Å². The zero-order valence-corrected chi connectivity index (χ0v) is 11.1. The molecule has 0 unspecified atom stereocenters. The van der Waals surface area contributed by atoms with Crippen molar-refractivity contribution in [2.75, 3.05) is 7.11 Å². The van der Waals surface area contributed by atoms with Gasteiger partial charge in [-0.2, -0.15) is 0 Å². The van der Waals surface area contributed by atoms with Gasteiger partial charge in [0.2, 0.25) is 0 Å². The van der Waals surface area contributed by atoms with Gasteiger partial charge in [0.1, 0.15) is 5.56 Å². The summed E-state index contributed by atoms with van der Waals surface area (Å²) in [5.41, 5.74) is 2.30. The van der Waals surface area contributed by atoms with Gasteiger partial charge in [-0.25, -0.2) is 4.79 Å². The summed E-state index contributed by atoms with van der Waals surface area (Å²) >= 11 is 0. The first-order valence-electron chi connectivity index (χ1n) is 5.97. The molecule has 0 atom stereocenters. The quantitative estimate of drug-likeness (QED) is 0.487. The van der Waals surface area contributed by atoms with E-state index in [0.717, 1.165) is 11.1 Å². The van der Waals surface area contributed by atoms with Crippen LogP contribution in [0.2, 0.25) is 0 Å². The van der Waals surface area contributed by atoms with Crippen molar-refractivity contribution in [3.63, 3.8) is 0 Å². The fraction of sp³-hybridized carbons (Fsp3) is 0.133. The highest BCUT2D eigenvalue weighted by atomic mass is 16.6. The number of methoxy groups -OCH3 is 1. The predicted molar refractivity (Wildman–Crippen MR) is 74.6 cm³/mol. The minimum Gasteiger partial charge on any atom is -0.465 e. The highest BCUT2D eigenvalue weighted by Gasteiger charge is 2.21. The molecule has 0 aliphatic rings. The lowest BCUT2D eigenvalue weighted by Gasteiger charge is -2.07. The molecular formula is C15H13NO4. The lowest BCUT2D eigenvalue weighted by molar-refractivity contribution is -0.385. The van der Waals surface area contributed by atoms with E-state index in [2.05, 4.69) is 4.74 Å². The molecule has 0 aliphatic carbocycles.